The number of hydrogen-bond donors (Lipinski definition) is 2. The van der Waals surface area contributed by atoms with Crippen LogP contribution in [0.3, 0.4) is 0 Å². The Bertz CT molecular complexity index is 666. The highest BCUT2D eigenvalue weighted by Gasteiger charge is 2.25. The first-order chi connectivity index (χ1) is 10.1. The number of ether oxygens (including phenoxy) is 1. The Morgan fingerprint density at radius 3 is 2.76 bits per heavy atom. The number of amides is 1. The van der Waals surface area contributed by atoms with Gasteiger partial charge in [-0.15, -0.1) is 0 Å². The summed E-state index contributed by atoms with van der Waals surface area (Å²) in [5.74, 6) is -2.31. The van der Waals surface area contributed by atoms with Gasteiger partial charge in [-0.2, -0.15) is 0 Å². The smallest absolute Gasteiger partial charge is 0.328 e. The molecule has 2 N–H and O–H groups in total. The van der Waals surface area contributed by atoms with E-state index in [1.807, 2.05) is 0 Å². The number of hydrogen-bond acceptors (Lipinski definition) is 4. The van der Waals surface area contributed by atoms with Crippen LogP contribution in [-0.4, -0.2) is 36.8 Å². The fraction of sp³-hybridized carbons (Fsp3) is 0.286. The predicted octanol–water partition coefficient (Wildman–Crippen LogP) is 1.73. The molecule has 0 bridgehead atoms. The average molecular weight is 295 g/mol. The van der Waals surface area contributed by atoms with Gasteiger partial charge >= 0.3 is 5.97 Å². The van der Waals surface area contributed by atoms with E-state index in [0.29, 0.717) is 16.5 Å². The van der Waals surface area contributed by atoms with Crippen molar-refractivity contribution in [2.24, 2.45) is 0 Å². The van der Waals surface area contributed by atoms with Crippen LogP contribution in [0.1, 0.15) is 16.1 Å². The number of carboxylic acid groups (broad SMARTS) is 1. The number of para-hydroxylation sites is 1. The summed E-state index contributed by atoms with van der Waals surface area (Å²) in [4.78, 5) is 22.9. The molecule has 0 fully saturated rings. The average Bonchev–Trinajstić information content (AvgIpc) is 2.84. The Morgan fingerprint density at radius 2 is 2.14 bits per heavy atom. The third-order valence-corrected chi connectivity index (χ3v) is 2.95. The van der Waals surface area contributed by atoms with Gasteiger partial charge < -0.3 is 19.6 Å². The fourth-order valence-corrected chi connectivity index (χ4v) is 1.96. The number of nitrogens with one attached hydrogen (secondary N) is 1. The van der Waals surface area contributed by atoms with Gasteiger partial charge in [0.15, 0.2) is 11.8 Å². The lowest BCUT2D eigenvalue weighted by molar-refractivity contribution is -0.139. The number of methoxy groups -OCH3 is 1. The molecule has 112 valence electrons. The molecule has 0 aliphatic heterocycles. The van der Waals surface area contributed by atoms with Crippen LogP contribution in [0.25, 0.3) is 11.0 Å². The molecule has 0 saturated carbocycles. The summed E-state index contributed by atoms with van der Waals surface area (Å²) >= 11 is 0. The quantitative estimate of drug-likeness (QED) is 0.847. The molecule has 2 aromatic rings. The SMILES string of the molecule is COCc1c(C(=O)NC(CF)C(=O)O)oc2ccccc12. The van der Waals surface area contributed by atoms with E-state index >= 15 is 0 Å². The van der Waals surface area contributed by atoms with E-state index in [4.69, 9.17) is 14.3 Å². The van der Waals surface area contributed by atoms with E-state index in [9.17, 15) is 14.0 Å². The number of alkyl halides is 1. The molecule has 0 spiro atoms. The summed E-state index contributed by atoms with van der Waals surface area (Å²) < 4.78 is 23.1. The Morgan fingerprint density at radius 1 is 1.43 bits per heavy atom. The number of benzene rings is 1. The number of aliphatic carboxylic acids is 1. The third-order valence-electron chi connectivity index (χ3n) is 2.95. The molecule has 0 radical (unpaired) electrons. The minimum Gasteiger partial charge on any atom is -0.480 e. The van der Waals surface area contributed by atoms with Gasteiger partial charge in [-0.1, -0.05) is 18.2 Å². The van der Waals surface area contributed by atoms with E-state index in [-0.39, 0.29) is 12.4 Å². The molecular weight excluding hydrogens is 281 g/mol. The van der Waals surface area contributed by atoms with E-state index in [1.165, 1.54) is 7.11 Å². The summed E-state index contributed by atoms with van der Waals surface area (Å²) in [5, 5.41) is 11.5. The van der Waals surface area contributed by atoms with Crippen LogP contribution in [0.15, 0.2) is 28.7 Å². The van der Waals surface area contributed by atoms with Crippen molar-refractivity contribution in [2.45, 2.75) is 12.6 Å². The summed E-state index contributed by atoms with van der Waals surface area (Å²) in [6.07, 6.45) is 0. The van der Waals surface area contributed by atoms with Crippen molar-refractivity contribution in [3.05, 3.63) is 35.6 Å². The molecule has 6 nitrogen and oxygen atoms in total. The Balaban J connectivity index is 2.38. The number of carbonyl (C=O) groups is 2. The molecule has 0 aliphatic rings. The standard InChI is InChI=1S/C14H14FNO5/c1-20-7-9-8-4-2-3-5-11(8)21-12(9)13(17)16-10(6-15)14(18)19/h2-5,10H,6-7H2,1H3,(H,16,17)(H,18,19). The zero-order valence-corrected chi connectivity index (χ0v) is 11.3. The molecule has 1 aromatic heterocycles. The second-order valence-corrected chi connectivity index (χ2v) is 4.36. The second kappa shape index (κ2) is 6.36. The van der Waals surface area contributed by atoms with Gasteiger partial charge in [0, 0.05) is 18.1 Å². The minimum atomic E-state index is -1.61. The summed E-state index contributed by atoms with van der Waals surface area (Å²) in [6.45, 7) is -1.09. The molecule has 21 heavy (non-hydrogen) atoms. The number of rotatable bonds is 6. The van der Waals surface area contributed by atoms with Crippen LogP contribution >= 0.6 is 0 Å². The van der Waals surface area contributed by atoms with Crippen LogP contribution in [0.5, 0.6) is 0 Å². The monoisotopic (exact) mass is 295 g/mol. The molecule has 2 rings (SSSR count). The van der Waals surface area contributed by atoms with Crippen molar-refractivity contribution in [1.82, 2.24) is 5.32 Å². The van der Waals surface area contributed by atoms with Gasteiger partial charge in [0.1, 0.15) is 12.3 Å². The van der Waals surface area contributed by atoms with Gasteiger partial charge in [0.2, 0.25) is 0 Å². The van der Waals surface area contributed by atoms with E-state index in [1.54, 1.807) is 24.3 Å². The van der Waals surface area contributed by atoms with E-state index in [0.717, 1.165) is 0 Å². The molecule has 1 amide bonds. The van der Waals surface area contributed by atoms with Crippen LogP contribution in [0, 0.1) is 0 Å². The van der Waals surface area contributed by atoms with Gasteiger partial charge in [-0.05, 0) is 6.07 Å². The maximum Gasteiger partial charge on any atom is 0.328 e. The molecule has 1 aromatic carbocycles. The predicted molar refractivity (Wildman–Crippen MR) is 71.8 cm³/mol. The van der Waals surface area contributed by atoms with Gasteiger partial charge in [-0.3, -0.25) is 4.79 Å². The van der Waals surface area contributed by atoms with Crippen molar-refractivity contribution in [1.29, 1.82) is 0 Å². The van der Waals surface area contributed by atoms with Crippen LogP contribution in [-0.2, 0) is 16.1 Å². The Hall–Kier alpha value is -2.41. The highest BCUT2D eigenvalue weighted by atomic mass is 19.1. The van der Waals surface area contributed by atoms with Crippen LogP contribution in [0.4, 0.5) is 4.39 Å². The second-order valence-electron chi connectivity index (χ2n) is 4.36. The van der Waals surface area contributed by atoms with Crippen LogP contribution < -0.4 is 5.32 Å². The number of fused-ring (bicyclic) bond motifs is 1. The van der Waals surface area contributed by atoms with E-state index in [2.05, 4.69) is 5.32 Å². The number of furan rings is 1. The van der Waals surface area contributed by atoms with Gasteiger partial charge in [0.25, 0.3) is 5.91 Å². The van der Waals surface area contributed by atoms with Gasteiger partial charge in [-0.25, -0.2) is 9.18 Å². The highest BCUT2D eigenvalue weighted by Crippen LogP contribution is 2.26. The molecule has 0 aliphatic carbocycles. The van der Waals surface area contributed by atoms with Crippen molar-refractivity contribution in [2.75, 3.05) is 13.8 Å². The zero-order valence-electron chi connectivity index (χ0n) is 11.3. The summed E-state index contributed by atoms with van der Waals surface area (Å²) in [5.41, 5.74) is 0.968. The van der Waals surface area contributed by atoms with Crippen LogP contribution in [0.2, 0.25) is 0 Å². The zero-order chi connectivity index (χ0) is 15.4. The lowest BCUT2D eigenvalue weighted by Crippen LogP contribution is -2.42. The van der Waals surface area contributed by atoms with Crippen molar-refractivity contribution >= 4 is 22.8 Å². The van der Waals surface area contributed by atoms with Crippen molar-refractivity contribution in [3.8, 4) is 0 Å². The Labute approximate surface area is 119 Å². The topological polar surface area (TPSA) is 88.8 Å². The number of carboxylic acids is 1. The van der Waals surface area contributed by atoms with E-state index < -0.39 is 24.6 Å². The lowest BCUT2D eigenvalue weighted by Gasteiger charge is -2.10. The molecule has 1 unspecified atom stereocenters. The third kappa shape index (κ3) is 3.03. The first kappa shape index (κ1) is 15.0. The maximum atomic E-state index is 12.6. The molecule has 1 heterocycles. The largest absolute Gasteiger partial charge is 0.480 e. The molecule has 0 saturated heterocycles. The number of halogens is 1. The van der Waals surface area contributed by atoms with Crippen molar-refractivity contribution < 1.29 is 28.2 Å². The first-order valence-corrected chi connectivity index (χ1v) is 6.17. The van der Waals surface area contributed by atoms with Gasteiger partial charge in [0.05, 0.1) is 6.61 Å². The number of carbonyl (C=O) groups excluding carboxylic acids is 1. The fourth-order valence-electron chi connectivity index (χ4n) is 1.96. The summed E-state index contributed by atoms with van der Waals surface area (Å²) in [7, 11) is 1.46. The first-order valence-electron chi connectivity index (χ1n) is 6.17. The maximum absolute atomic E-state index is 12.6. The lowest BCUT2D eigenvalue weighted by atomic mass is 10.1. The molecular formula is C14H14FNO5. The summed E-state index contributed by atoms with van der Waals surface area (Å²) in [6, 6.07) is 5.34. The Kier molecular flexibility index (Phi) is 4.54. The van der Waals surface area contributed by atoms with Crippen molar-refractivity contribution in [3.63, 3.8) is 0 Å². The highest BCUT2D eigenvalue weighted by molar-refractivity contribution is 6.00. The molecule has 1 atom stereocenters. The minimum absolute atomic E-state index is 0.0715. The molecule has 7 heteroatoms. The normalized spacial score (nSPS) is 12.3.